The highest BCUT2D eigenvalue weighted by Gasteiger charge is 2.37. The Morgan fingerprint density at radius 1 is 1.44 bits per heavy atom. The van der Waals surface area contributed by atoms with E-state index in [0.29, 0.717) is 0 Å². The average Bonchev–Trinajstić information content (AvgIpc) is 2.99. The van der Waals surface area contributed by atoms with Gasteiger partial charge in [-0.05, 0) is 50.3 Å². The Labute approximate surface area is 111 Å². The maximum atomic E-state index is 6.18. The first-order valence-electron chi connectivity index (χ1n) is 5.68. The van der Waals surface area contributed by atoms with Crippen LogP contribution in [0, 0.1) is 5.92 Å². The van der Waals surface area contributed by atoms with E-state index in [-0.39, 0.29) is 5.54 Å². The van der Waals surface area contributed by atoms with Gasteiger partial charge in [-0.3, -0.25) is 0 Å². The molecule has 16 heavy (non-hydrogen) atoms. The molecule has 1 saturated carbocycles. The molecule has 88 valence electrons. The Hall–Kier alpha value is -0.0500. The van der Waals surface area contributed by atoms with Crippen LogP contribution in [0.4, 0.5) is 0 Å². The van der Waals surface area contributed by atoms with Crippen molar-refractivity contribution in [2.24, 2.45) is 5.92 Å². The van der Waals surface area contributed by atoms with Crippen molar-refractivity contribution in [2.75, 3.05) is 0 Å². The molecular formula is C13H17BrClN. The second kappa shape index (κ2) is 4.67. The normalized spacial score (nSPS) is 16.5. The second-order valence-corrected chi connectivity index (χ2v) is 6.41. The minimum atomic E-state index is 0.233. The van der Waals surface area contributed by atoms with Crippen LogP contribution in [-0.2, 0) is 6.54 Å². The third kappa shape index (κ3) is 2.99. The lowest BCUT2D eigenvalue weighted by atomic mass is 9.98. The predicted molar refractivity (Wildman–Crippen MR) is 72.8 cm³/mol. The predicted octanol–water partition coefficient (Wildman–Crippen LogP) is 4.38. The lowest BCUT2D eigenvalue weighted by Crippen LogP contribution is -2.40. The van der Waals surface area contributed by atoms with Gasteiger partial charge in [0.1, 0.15) is 0 Å². The van der Waals surface area contributed by atoms with E-state index in [1.54, 1.807) is 0 Å². The molecule has 0 aliphatic heterocycles. The second-order valence-electron chi connectivity index (χ2n) is 5.09. The SMILES string of the molecule is CC(C)(NCc1ccc(Br)cc1Cl)C1CC1. The maximum Gasteiger partial charge on any atom is 0.0462 e. The molecule has 1 aliphatic carbocycles. The molecule has 1 aliphatic rings. The fourth-order valence-corrected chi connectivity index (χ4v) is 2.68. The zero-order valence-corrected chi connectivity index (χ0v) is 12.0. The molecule has 0 heterocycles. The Bertz CT molecular complexity index is 386. The highest BCUT2D eigenvalue weighted by atomic mass is 79.9. The summed E-state index contributed by atoms with van der Waals surface area (Å²) < 4.78 is 1.03. The van der Waals surface area contributed by atoms with E-state index in [9.17, 15) is 0 Å². The fraction of sp³-hybridized carbons (Fsp3) is 0.538. The average molecular weight is 303 g/mol. The van der Waals surface area contributed by atoms with Crippen LogP contribution < -0.4 is 5.32 Å². The van der Waals surface area contributed by atoms with E-state index >= 15 is 0 Å². The molecule has 1 fully saturated rings. The molecule has 1 aromatic rings. The van der Waals surface area contributed by atoms with Crippen molar-refractivity contribution in [3.8, 4) is 0 Å². The van der Waals surface area contributed by atoms with Gasteiger partial charge in [0, 0.05) is 21.6 Å². The topological polar surface area (TPSA) is 12.0 Å². The molecule has 0 unspecified atom stereocenters. The highest BCUT2D eigenvalue weighted by Crippen LogP contribution is 2.39. The summed E-state index contributed by atoms with van der Waals surface area (Å²) in [6, 6.07) is 6.05. The van der Waals surface area contributed by atoms with Gasteiger partial charge >= 0.3 is 0 Å². The van der Waals surface area contributed by atoms with Crippen LogP contribution >= 0.6 is 27.5 Å². The number of hydrogen-bond acceptors (Lipinski definition) is 1. The summed E-state index contributed by atoms with van der Waals surface area (Å²) in [4.78, 5) is 0. The Balaban J connectivity index is 1.98. The van der Waals surface area contributed by atoms with Crippen molar-refractivity contribution < 1.29 is 0 Å². The smallest absolute Gasteiger partial charge is 0.0462 e. The van der Waals surface area contributed by atoms with E-state index in [1.165, 1.54) is 18.4 Å². The minimum Gasteiger partial charge on any atom is -0.307 e. The van der Waals surface area contributed by atoms with Crippen LogP contribution in [0.1, 0.15) is 32.3 Å². The molecule has 1 N–H and O–H groups in total. The molecule has 3 heteroatoms. The summed E-state index contributed by atoms with van der Waals surface area (Å²) in [6.45, 7) is 5.39. The molecule has 0 amide bonds. The van der Waals surface area contributed by atoms with Gasteiger partial charge in [0.2, 0.25) is 0 Å². The first-order valence-corrected chi connectivity index (χ1v) is 6.85. The van der Waals surface area contributed by atoms with Crippen LogP contribution in [0.25, 0.3) is 0 Å². The molecule has 0 saturated heterocycles. The molecule has 0 aromatic heterocycles. The van der Waals surface area contributed by atoms with Crippen LogP contribution in [-0.4, -0.2) is 5.54 Å². The van der Waals surface area contributed by atoms with Gasteiger partial charge in [-0.2, -0.15) is 0 Å². The highest BCUT2D eigenvalue weighted by molar-refractivity contribution is 9.10. The summed E-state index contributed by atoms with van der Waals surface area (Å²) in [7, 11) is 0. The summed E-state index contributed by atoms with van der Waals surface area (Å²) in [5, 5.41) is 4.43. The fourth-order valence-electron chi connectivity index (χ4n) is 1.94. The maximum absolute atomic E-state index is 6.18. The minimum absolute atomic E-state index is 0.233. The third-order valence-corrected chi connectivity index (χ3v) is 4.19. The molecule has 2 rings (SSSR count). The van der Waals surface area contributed by atoms with Gasteiger partial charge in [0.25, 0.3) is 0 Å². The lowest BCUT2D eigenvalue weighted by Gasteiger charge is -2.26. The Morgan fingerprint density at radius 3 is 2.69 bits per heavy atom. The zero-order chi connectivity index (χ0) is 11.8. The van der Waals surface area contributed by atoms with E-state index in [2.05, 4.69) is 41.2 Å². The van der Waals surface area contributed by atoms with Gasteiger partial charge in [-0.25, -0.2) is 0 Å². The number of halogens is 2. The van der Waals surface area contributed by atoms with Gasteiger partial charge in [-0.1, -0.05) is 33.6 Å². The quantitative estimate of drug-likeness (QED) is 0.870. The Morgan fingerprint density at radius 2 is 2.12 bits per heavy atom. The molecule has 0 bridgehead atoms. The first kappa shape index (κ1) is 12.4. The number of rotatable bonds is 4. The molecule has 1 nitrogen and oxygen atoms in total. The van der Waals surface area contributed by atoms with Crippen molar-refractivity contribution >= 4 is 27.5 Å². The first-order chi connectivity index (χ1) is 7.49. The molecule has 0 radical (unpaired) electrons. The largest absolute Gasteiger partial charge is 0.307 e. The van der Waals surface area contributed by atoms with E-state index in [0.717, 1.165) is 22.0 Å². The number of benzene rings is 1. The van der Waals surface area contributed by atoms with E-state index in [4.69, 9.17) is 11.6 Å². The Kier molecular flexibility index (Phi) is 3.62. The monoisotopic (exact) mass is 301 g/mol. The summed E-state index contributed by atoms with van der Waals surface area (Å²) in [5.41, 5.74) is 1.40. The van der Waals surface area contributed by atoms with Crippen molar-refractivity contribution in [1.29, 1.82) is 0 Å². The molecule has 0 spiro atoms. The van der Waals surface area contributed by atoms with Gasteiger partial charge < -0.3 is 5.32 Å². The van der Waals surface area contributed by atoms with E-state index < -0.39 is 0 Å². The zero-order valence-electron chi connectivity index (χ0n) is 9.69. The van der Waals surface area contributed by atoms with E-state index in [1.807, 2.05) is 12.1 Å². The van der Waals surface area contributed by atoms with Crippen LogP contribution in [0.3, 0.4) is 0 Å². The molecule has 1 aromatic carbocycles. The van der Waals surface area contributed by atoms with Crippen molar-refractivity contribution in [2.45, 2.75) is 38.8 Å². The van der Waals surface area contributed by atoms with Crippen molar-refractivity contribution in [3.05, 3.63) is 33.3 Å². The van der Waals surface area contributed by atoms with Gasteiger partial charge in [0.15, 0.2) is 0 Å². The lowest BCUT2D eigenvalue weighted by molar-refractivity contribution is 0.339. The summed E-state index contributed by atoms with van der Waals surface area (Å²) in [6.07, 6.45) is 2.71. The molecular weight excluding hydrogens is 286 g/mol. The van der Waals surface area contributed by atoms with Crippen LogP contribution in [0.15, 0.2) is 22.7 Å². The van der Waals surface area contributed by atoms with Crippen LogP contribution in [0.2, 0.25) is 5.02 Å². The van der Waals surface area contributed by atoms with Gasteiger partial charge in [-0.15, -0.1) is 0 Å². The summed E-state index contributed by atoms with van der Waals surface area (Å²) in [5.74, 6) is 0.835. The number of nitrogens with one attached hydrogen (secondary N) is 1. The molecule has 0 atom stereocenters. The number of hydrogen-bond donors (Lipinski definition) is 1. The third-order valence-electron chi connectivity index (χ3n) is 3.35. The van der Waals surface area contributed by atoms with Crippen molar-refractivity contribution in [3.63, 3.8) is 0 Å². The standard InChI is InChI=1S/C13H17BrClN/c1-13(2,10-4-5-10)16-8-9-3-6-11(14)7-12(9)15/h3,6-7,10,16H,4-5,8H2,1-2H3. The summed E-state index contributed by atoms with van der Waals surface area (Å²) >= 11 is 9.60. The van der Waals surface area contributed by atoms with Gasteiger partial charge in [0.05, 0.1) is 0 Å². The van der Waals surface area contributed by atoms with Crippen molar-refractivity contribution in [1.82, 2.24) is 5.32 Å². The van der Waals surface area contributed by atoms with Crippen LogP contribution in [0.5, 0.6) is 0 Å².